The van der Waals surface area contributed by atoms with Gasteiger partial charge in [-0.25, -0.2) is 0 Å². The number of amides is 1. The maximum atomic E-state index is 13.4. The van der Waals surface area contributed by atoms with E-state index in [2.05, 4.69) is 51.4 Å². The monoisotopic (exact) mass is 648 g/mol. The van der Waals surface area contributed by atoms with Gasteiger partial charge < -0.3 is 11.1 Å². The second-order valence-electron chi connectivity index (χ2n) is 10.3. The Kier molecular flexibility index (Phi) is 8.63. The number of nitrogens with one attached hydrogen (secondary N) is 1. The molecular weight excluding hydrogens is 620 g/mol. The molecule has 41 heavy (non-hydrogen) atoms. The van der Waals surface area contributed by atoms with Gasteiger partial charge in [0.15, 0.2) is 10.1 Å². The molecule has 0 bridgehead atoms. The molecule has 0 spiro atoms. The van der Waals surface area contributed by atoms with E-state index in [1.807, 2.05) is 49.4 Å². The number of benzene rings is 2. The first-order valence-corrected chi connectivity index (χ1v) is 15.9. The van der Waals surface area contributed by atoms with Crippen LogP contribution in [0.4, 0.5) is 10.8 Å². The van der Waals surface area contributed by atoms with Crippen LogP contribution in [0.5, 0.6) is 0 Å². The molecule has 8 nitrogen and oxygen atoms in total. The van der Waals surface area contributed by atoms with Crippen molar-refractivity contribution in [3.8, 4) is 6.07 Å². The Labute approximate surface area is 255 Å². The first-order chi connectivity index (χ1) is 19.7. The number of Topliss-reactive ketones (excluding diaryl/α,β-unsaturated/α-hetero) is 1. The molecule has 1 aliphatic carbocycles. The van der Waals surface area contributed by atoms with Crippen LogP contribution in [0.1, 0.15) is 61.6 Å². The van der Waals surface area contributed by atoms with E-state index in [1.54, 1.807) is 4.90 Å². The van der Waals surface area contributed by atoms with Gasteiger partial charge in [-0.3, -0.25) is 14.5 Å². The number of halogens is 1. The molecular formula is C30H29BrN6O2S2. The minimum absolute atomic E-state index is 0.0208. The number of nitrogens with zero attached hydrogens (tertiary/aromatic N) is 4. The van der Waals surface area contributed by atoms with Gasteiger partial charge in [0, 0.05) is 22.2 Å². The van der Waals surface area contributed by atoms with Crippen LogP contribution < -0.4 is 16.0 Å². The summed E-state index contributed by atoms with van der Waals surface area (Å²) in [7, 11) is 0. The van der Waals surface area contributed by atoms with Crippen molar-refractivity contribution in [2.24, 2.45) is 5.73 Å². The predicted octanol–water partition coefficient (Wildman–Crippen LogP) is 6.77. The maximum absolute atomic E-state index is 13.4. The predicted molar refractivity (Wildman–Crippen MR) is 167 cm³/mol. The third-order valence-electron chi connectivity index (χ3n) is 7.16. The summed E-state index contributed by atoms with van der Waals surface area (Å²) in [6.45, 7) is 6.23. The lowest BCUT2D eigenvalue weighted by Gasteiger charge is -2.38. The van der Waals surface area contributed by atoms with Gasteiger partial charge in [0.2, 0.25) is 11.0 Å². The van der Waals surface area contributed by atoms with Gasteiger partial charge in [0.25, 0.3) is 0 Å². The number of hydrogen-bond donors (Lipinski definition) is 2. The van der Waals surface area contributed by atoms with Crippen LogP contribution in [-0.2, 0) is 9.59 Å². The standard InChI is InChI=1S/C30H29BrN6O2S2/c1-16(2)18-8-10-19(11-9-18)26-20(14-32)28(33)37(23-5-4-6-24(38)27(23)26)29-35-36-30(41-29)40-15-25(39)34-22-12-7-17(3)13-21(22)31/h7-13,16,26H,4-6,15,33H2,1-3H3,(H,34,39). The fourth-order valence-electron chi connectivity index (χ4n) is 5.10. The number of allylic oxidation sites excluding steroid dienone is 3. The van der Waals surface area contributed by atoms with Crippen LogP contribution in [0.2, 0.25) is 0 Å². The molecule has 210 valence electrons. The van der Waals surface area contributed by atoms with Crippen molar-refractivity contribution in [1.82, 2.24) is 10.2 Å². The Morgan fingerprint density at radius 2 is 2.00 bits per heavy atom. The zero-order valence-corrected chi connectivity index (χ0v) is 26.1. The van der Waals surface area contributed by atoms with Gasteiger partial charge in [0.05, 0.1) is 29.0 Å². The van der Waals surface area contributed by atoms with Gasteiger partial charge in [-0.05, 0) is 70.4 Å². The van der Waals surface area contributed by atoms with Crippen molar-refractivity contribution < 1.29 is 9.59 Å². The molecule has 0 saturated heterocycles. The van der Waals surface area contributed by atoms with E-state index in [9.17, 15) is 14.9 Å². The zero-order chi connectivity index (χ0) is 29.3. The average molecular weight is 650 g/mol. The van der Waals surface area contributed by atoms with E-state index in [-0.39, 0.29) is 23.3 Å². The van der Waals surface area contributed by atoms with Crippen molar-refractivity contribution in [3.63, 3.8) is 0 Å². The SMILES string of the molecule is Cc1ccc(NC(=O)CSc2nnc(N3C(N)=C(C#N)C(c4ccc(C(C)C)cc4)C4=C3CCCC4=O)s2)c(Br)c1. The van der Waals surface area contributed by atoms with E-state index in [1.165, 1.54) is 28.7 Å². The van der Waals surface area contributed by atoms with Crippen LogP contribution in [0, 0.1) is 18.3 Å². The number of carbonyl (C=O) groups is 2. The Morgan fingerprint density at radius 3 is 2.68 bits per heavy atom. The second kappa shape index (κ2) is 12.2. The molecule has 0 fully saturated rings. The number of rotatable bonds is 7. The highest BCUT2D eigenvalue weighted by Gasteiger charge is 2.41. The van der Waals surface area contributed by atoms with Gasteiger partial charge >= 0.3 is 0 Å². The summed E-state index contributed by atoms with van der Waals surface area (Å²) in [6.07, 6.45) is 1.75. The third-order valence-corrected chi connectivity index (χ3v) is 9.86. The maximum Gasteiger partial charge on any atom is 0.234 e. The van der Waals surface area contributed by atoms with Crippen molar-refractivity contribution in [2.75, 3.05) is 16.0 Å². The van der Waals surface area contributed by atoms with Gasteiger partial charge in [-0.1, -0.05) is 67.3 Å². The summed E-state index contributed by atoms with van der Waals surface area (Å²) < 4.78 is 1.40. The molecule has 1 aliphatic heterocycles. The minimum Gasteiger partial charge on any atom is -0.384 e. The number of thioether (sulfide) groups is 1. The lowest BCUT2D eigenvalue weighted by atomic mass is 9.75. The lowest BCUT2D eigenvalue weighted by molar-refractivity contribution is -0.116. The van der Waals surface area contributed by atoms with E-state index < -0.39 is 5.92 Å². The Morgan fingerprint density at radius 1 is 1.24 bits per heavy atom. The number of nitriles is 1. The smallest absolute Gasteiger partial charge is 0.234 e. The molecule has 0 radical (unpaired) electrons. The van der Waals surface area contributed by atoms with Crippen molar-refractivity contribution in [1.29, 1.82) is 5.26 Å². The van der Waals surface area contributed by atoms with Crippen molar-refractivity contribution in [3.05, 3.63) is 86.3 Å². The Hall–Kier alpha value is -3.46. The number of hydrogen-bond acceptors (Lipinski definition) is 9. The van der Waals surface area contributed by atoms with Crippen LogP contribution in [0.15, 0.2) is 73.9 Å². The summed E-state index contributed by atoms with van der Waals surface area (Å²) in [5, 5.41) is 22.3. The zero-order valence-electron chi connectivity index (χ0n) is 22.9. The summed E-state index contributed by atoms with van der Waals surface area (Å²) in [5.41, 5.74) is 12.2. The van der Waals surface area contributed by atoms with Crippen LogP contribution in [-0.4, -0.2) is 27.6 Å². The Balaban J connectivity index is 1.41. The van der Waals surface area contributed by atoms with Crippen molar-refractivity contribution >= 4 is 61.5 Å². The van der Waals surface area contributed by atoms with E-state index >= 15 is 0 Å². The molecule has 2 aliphatic rings. The van der Waals surface area contributed by atoms with Gasteiger partial charge in [0.1, 0.15) is 5.82 Å². The summed E-state index contributed by atoms with van der Waals surface area (Å²) >= 11 is 6.02. The van der Waals surface area contributed by atoms with Crippen molar-refractivity contribution in [2.45, 2.75) is 56.2 Å². The van der Waals surface area contributed by atoms with Crippen LogP contribution >= 0.6 is 39.0 Å². The fraction of sp³-hybridized carbons (Fsp3) is 0.300. The molecule has 3 aromatic rings. The summed E-state index contributed by atoms with van der Waals surface area (Å²) in [6, 6.07) is 16.1. The van der Waals surface area contributed by atoms with Crippen LogP contribution in [0.3, 0.4) is 0 Å². The molecule has 2 heterocycles. The number of aryl methyl sites for hydroxylation is 1. The lowest BCUT2D eigenvalue weighted by Crippen LogP contribution is -2.38. The normalized spacial score (nSPS) is 17.1. The topological polar surface area (TPSA) is 125 Å². The largest absolute Gasteiger partial charge is 0.384 e. The molecule has 3 N–H and O–H groups in total. The van der Waals surface area contributed by atoms with Gasteiger partial charge in [-0.15, -0.1) is 10.2 Å². The molecule has 0 saturated carbocycles. The molecule has 2 aromatic carbocycles. The number of anilines is 2. The average Bonchev–Trinajstić information content (AvgIpc) is 3.41. The number of aromatic nitrogens is 2. The summed E-state index contributed by atoms with van der Waals surface area (Å²) in [5.74, 6) is 0.0977. The highest BCUT2D eigenvalue weighted by atomic mass is 79.9. The summed E-state index contributed by atoms with van der Waals surface area (Å²) in [4.78, 5) is 27.7. The number of carbonyl (C=O) groups excluding carboxylic acids is 2. The first-order valence-electron chi connectivity index (χ1n) is 13.3. The first kappa shape index (κ1) is 29.0. The number of nitrogens with two attached hydrogens (primary N) is 1. The third kappa shape index (κ3) is 5.96. The van der Waals surface area contributed by atoms with E-state index in [0.29, 0.717) is 51.5 Å². The molecule has 1 aromatic heterocycles. The molecule has 5 rings (SSSR count). The van der Waals surface area contributed by atoms with Gasteiger partial charge in [-0.2, -0.15) is 5.26 Å². The second-order valence-corrected chi connectivity index (χ2v) is 13.3. The highest BCUT2D eigenvalue weighted by Crippen LogP contribution is 2.47. The van der Waals surface area contributed by atoms with Crippen LogP contribution in [0.25, 0.3) is 0 Å². The molecule has 1 atom stereocenters. The fourth-order valence-corrected chi connectivity index (χ4v) is 7.37. The van der Waals surface area contributed by atoms with E-state index in [0.717, 1.165) is 21.3 Å². The number of ketones is 1. The highest BCUT2D eigenvalue weighted by molar-refractivity contribution is 9.10. The molecule has 11 heteroatoms. The molecule has 1 amide bonds. The van der Waals surface area contributed by atoms with E-state index in [4.69, 9.17) is 5.73 Å². The molecule has 1 unspecified atom stereocenters. The Bertz CT molecular complexity index is 1620. The minimum atomic E-state index is -0.521. The quantitative estimate of drug-likeness (QED) is 0.269.